The molecule has 3 aliphatic carbocycles. The number of nitrogens with one attached hydrogen (secondary N) is 2. The molecule has 1 aromatic carbocycles. The molecule has 37 heavy (non-hydrogen) atoms. The van der Waals surface area contributed by atoms with Crippen LogP contribution in [0, 0.1) is 34.5 Å². The molecule has 4 aliphatic rings. The molecule has 2 unspecified atom stereocenters. The van der Waals surface area contributed by atoms with E-state index in [0.717, 1.165) is 25.7 Å². The monoisotopic (exact) mass is 530 g/mol. The van der Waals surface area contributed by atoms with E-state index in [-0.39, 0.29) is 23.2 Å². The highest BCUT2D eigenvalue weighted by Crippen LogP contribution is 2.65. The summed E-state index contributed by atoms with van der Waals surface area (Å²) in [6, 6.07) is 1.41. The number of halogens is 6. The first kappa shape index (κ1) is 26.5. The van der Waals surface area contributed by atoms with Gasteiger partial charge in [0.05, 0.1) is 23.4 Å². The van der Waals surface area contributed by atoms with Crippen LogP contribution in [-0.4, -0.2) is 24.3 Å². The van der Waals surface area contributed by atoms with Crippen molar-refractivity contribution in [3.8, 4) is 0 Å². The van der Waals surface area contributed by atoms with E-state index in [1.54, 1.807) is 0 Å². The van der Waals surface area contributed by atoms with Crippen LogP contribution in [-0.2, 0) is 21.9 Å². The highest BCUT2D eigenvalue weighted by atomic mass is 19.4. The van der Waals surface area contributed by atoms with E-state index in [1.165, 1.54) is 0 Å². The molecule has 3 saturated carbocycles. The second-order valence-corrected chi connectivity index (χ2v) is 12.0. The molecule has 2 N–H and O–H groups in total. The van der Waals surface area contributed by atoms with Crippen LogP contribution in [0.25, 0.3) is 0 Å². The van der Waals surface area contributed by atoms with Crippen LogP contribution in [0.2, 0.25) is 0 Å². The average Bonchev–Trinajstić information content (AvgIpc) is 3.14. The van der Waals surface area contributed by atoms with E-state index in [9.17, 15) is 35.9 Å². The summed E-state index contributed by atoms with van der Waals surface area (Å²) in [5.74, 6) is -0.222. The SMILES string of the molecule is C[C@]12CC(=O)CNC1CC[C@@H]1[C@H]2CC[C@]2(C)C(C(=O)Nc3cc(C(F)(F)F)ccc3C(F)(F)F)CC[C@@H]12. The van der Waals surface area contributed by atoms with Crippen LogP contribution < -0.4 is 10.6 Å². The molecule has 1 saturated heterocycles. The van der Waals surface area contributed by atoms with Gasteiger partial charge >= 0.3 is 12.4 Å². The molecule has 7 atom stereocenters. The lowest BCUT2D eigenvalue weighted by molar-refractivity contribution is -0.141. The zero-order valence-electron chi connectivity index (χ0n) is 20.9. The predicted octanol–water partition coefficient (Wildman–Crippen LogP) is 6.45. The number of piperidine rings is 1. The Balaban J connectivity index is 1.39. The van der Waals surface area contributed by atoms with Crippen molar-refractivity contribution in [1.82, 2.24) is 5.32 Å². The summed E-state index contributed by atoms with van der Waals surface area (Å²) in [4.78, 5) is 25.7. The lowest BCUT2D eigenvalue weighted by Crippen LogP contribution is -2.61. The van der Waals surface area contributed by atoms with Crippen molar-refractivity contribution < 1.29 is 35.9 Å². The first-order valence-corrected chi connectivity index (χ1v) is 13.0. The van der Waals surface area contributed by atoms with Gasteiger partial charge in [0.25, 0.3) is 0 Å². The van der Waals surface area contributed by atoms with Gasteiger partial charge in [0.1, 0.15) is 5.78 Å². The Morgan fingerprint density at radius 2 is 1.65 bits per heavy atom. The van der Waals surface area contributed by atoms with Gasteiger partial charge in [-0.05, 0) is 85.3 Å². The molecule has 1 amide bonds. The third-order valence-electron chi connectivity index (χ3n) is 10.2. The lowest BCUT2D eigenvalue weighted by atomic mass is 9.47. The average molecular weight is 531 g/mol. The Labute approximate surface area is 211 Å². The fourth-order valence-electron chi connectivity index (χ4n) is 8.49. The standard InChI is InChI=1S/C27H32F6N2O2/c1-24-10-9-18-16(4-8-22-25(18,2)12-15(36)13-34-22)17(24)6-7-20(24)23(37)35-21-11-14(26(28,29)30)3-5-19(21)27(31,32)33/h3,5,11,16-18,20,22,34H,4,6-10,12-13H2,1-2H3,(H,35,37)/t16-,17-,18+,20?,22?,24-,25+/m0/s1. The maximum atomic E-state index is 13.6. The first-order valence-electron chi connectivity index (χ1n) is 13.0. The van der Waals surface area contributed by atoms with Gasteiger partial charge in [0.15, 0.2) is 0 Å². The molecule has 204 valence electrons. The van der Waals surface area contributed by atoms with E-state index in [1.807, 2.05) is 6.92 Å². The van der Waals surface area contributed by atoms with Gasteiger partial charge in [-0.2, -0.15) is 26.3 Å². The molecule has 0 spiro atoms. The molecule has 4 fully saturated rings. The Kier molecular flexibility index (Phi) is 6.24. The minimum absolute atomic E-state index is 0.153. The van der Waals surface area contributed by atoms with Crippen LogP contribution in [0.3, 0.4) is 0 Å². The Bertz CT molecular complexity index is 1100. The number of alkyl halides is 6. The molecule has 10 heteroatoms. The second-order valence-electron chi connectivity index (χ2n) is 12.0. The van der Waals surface area contributed by atoms with Gasteiger partial charge in [0, 0.05) is 18.4 Å². The van der Waals surface area contributed by atoms with Crippen LogP contribution in [0.4, 0.5) is 32.0 Å². The summed E-state index contributed by atoms with van der Waals surface area (Å²) in [6.07, 6.45) is -4.57. The molecule has 1 aliphatic heterocycles. The zero-order chi connectivity index (χ0) is 27.0. The summed E-state index contributed by atoms with van der Waals surface area (Å²) in [5.41, 5.74) is -4.00. The first-order chi connectivity index (χ1) is 17.1. The number of hydrogen-bond acceptors (Lipinski definition) is 3. The zero-order valence-corrected chi connectivity index (χ0v) is 20.9. The fourth-order valence-corrected chi connectivity index (χ4v) is 8.49. The summed E-state index contributed by atoms with van der Waals surface area (Å²) < 4.78 is 80.4. The van der Waals surface area contributed by atoms with Gasteiger partial charge in [0.2, 0.25) is 5.91 Å². The van der Waals surface area contributed by atoms with Crippen molar-refractivity contribution in [1.29, 1.82) is 0 Å². The highest BCUT2D eigenvalue weighted by Gasteiger charge is 2.61. The predicted molar refractivity (Wildman–Crippen MR) is 124 cm³/mol. The van der Waals surface area contributed by atoms with Crippen LogP contribution in [0.1, 0.15) is 69.9 Å². The molecule has 1 heterocycles. The second kappa shape index (κ2) is 8.71. The molecule has 4 nitrogen and oxygen atoms in total. The van der Waals surface area contributed by atoms with Gasteiger partial charge in [-0.1, -0.05) is 13.8 Å². The minimum Gasteiger partial charge on any atom is -0.325 e. The van der Waals surface area contributed by atoms with Crippen molar-refractivity contribution in [3.63, 3.8) is 0 Å². The third kappa shape index (κ3) is 4.36. The van der Waals surface area contributed by atoms with Gasteiger partial charge in [-0.25, -0.2) is 0 Å². The number of fused-ring (bicyclic) bond motifs is 5. The highest BCUT2D eigenvalue weighted by molar-refractivity contribution is 5.94. The summed E-state index contributed by atoms with van der Waals surface area (Å²) in [5, 5.41) is 5.66. The summed E-state index contributed by atoms with van der Waals surface area (Å²) in [7, 11) is 0. The quantitative estimate of drug-likeness (QED) is 0.432. The van der Waals surface area contributed by atoms with Crippen molar-refractivity contribution in [2.75, 3.05) is 11.9 Å². The number of benzene rings is 1. The maximum Gasteiger partial charge on any atom is 0.418 e. The van der Waals surface area contributed by atoms with E-state index < -0.39 is 46.4 Å². The summed E-state index contributed by atoms with van der Waals surface area (Å²) >= 11 is 0. The van der Waals surface area contributed by atoms with Gasteiger partial charge < -0.3 is 10.6 Å². The third-order valence-corrected chi connectivity index (χ3v) is 10.2. The number of hydrogen-bond donors (Lipinski definition) is 2. The summed E-state index contributed by atoms with van der Waals surface area (Å²) in [6.45, 7) is 4.60. The minimum atomic E-state index is -4.91. The number of ketones is 1. The molecular weight excluding hydrogens is 498 g/mol. The fraction of sp³-hybridized carbons (Fsp3) is 0.704. The Morgan fingerprint density at radius 1 is 0.946 bits per heavy atom. The van der Waals surface area contributed by atoms with E-state index >= 15 is 0 Å². The van der Waals surface area contributed by atoms with Crippen LogP contribution in [0.15, 0.2) is 18.2 Å². The number of amides is 1. The molecule has 0 aromatic heterocycles. The number of anilines is 1. The molecule has 0 bridgehead atoms. The van der Waals surface area contributed by atoms with Crippen LogP contribution >= 0.6 is 0 Å². The number of rotatable bonds is 2. The lowest BCUT2D eigenvalue weighted by Gasteiger charge is -2.60. The largest absolute Gasteiger partial charge is 0.418 e. The topological polar surface area (TPSA) is 58.2 Å². The number of Topliss-reactive ketones (excluding diaryl/α,β-unsaturated/α-hetero) is 1. The molecule has 5 rings (SSSR count). The van der Waals surface area contributed by atoms with Gasteiger partial charge in [-0.3, -0.25) is 9.59 Å². The van der Waals surface area contributed by atoms with Crippen molar-refractivity contribution in [2.24, 2.45) is 34.5 Å². The Hall–Kier alpha value is -2.10. The van der Waals surface area contributed by atoms with Gasteiger partial charge in [-0.15, -0.1) is 0 Å². The maximum absolute atomic E-state index is 13.6. The molecule has 0 radical (unpaired) electrons. The molecule has 1 aromatic rings. The van der Waals surface area contributed by atoms with E-state index in [0.29, 0.717) is 55.8 Å². The van der Waals surface area contributed by atoms with E-state index in [2.05, 4.69) is 17.6 Å². The normalized spacial score (nSPS) is 37.9. The van der Waals surface area contributed by atoms with Crippen molar-refractivity contribution >= 4 is 17.4 Å². The Morgan fingerprint density at radius 3 is 2.32 bits per heavy atom. The molecular formula is C27H32F6N2O2. The number of carbonyl (C=O) groups is 2. The van der Waals surface area contributed by atoms with Crippen molar-refractivity contribution in [2.45, 2.75) is 77.2 Å². The van der Waals surface area contributed by atoms with E-state index in [4.69, 9.17) is 0 Å². The van der Waals surface area contributed by atoms with Crippen LogP contribution in [0.5, 0.6) is 0 Å². The smallest absolute Gasteiger partial charge is 0.325 e. The van der Waals surface area contributed by atoms with Crippen molar-refractivity contribution in [3.05, 3.63) is 29.3 Å². The number of carbonyl (C=O) groups excluding carboxylic acids is 2.